The molecule has 2 heterocycles. The summed E-state index contributed by atoms with van der Waals surface area (Å²) in [5.41, 5.74) is 0.943. The Bertz CT molecular complexity index is 588. The number of nitrogens with one attached hydrogen (secondary N) is 2. The van der Waals surface area contributed by atoms with Crippen LogP contribution in [0.4, 0.5) is 0 Å². The largest absolute Gasteiger partial charge is 0.480 e. The molecule has 0 spiro atoms. The highest BCUT2D eigenvalue weighted by atomic mass is 32.1. The van der Waals surface area contributed by atoms with E-state index in [4.69, 9.17) is 4.74 Å². The van der Waals surface area contributed by atoms with Crippen LogP contribution in [0, 0.1) is 0 Å². The lowest BCUT2D eigenvalue weighted by atomic mass is 10.4. The number of fused-ring (bicyclic) bond motifs is 1. The van der Waals surface area contributed by atoms with Crippen molar-refractivity contribution in [3.8, 4) is 5.88 Å². The fourth-order valence-electron chi connectivity index (χ4n) is 1.94. The van der Waals surface area contributed by atoms with Gasteiger partial charge in [0.25, 0.3) is 0 Å². The van der Waals surface area contributed by atoms with Crippen molar-refractivity contribution in [3.63, 3.8) is 0 Å². The Morgan fingerprint density at radius 1 is 1.63 bits per heavy atom. The van der Waals surface area contributed by atoms with E-state index in [1.807, 2.05) is 16.0 Å². The summed E-state index contributed by atoms with van der Waals surface area (Å²) < 4.78 is 7.24. The van der Waals surface area contributed by atoms with Crippen LogP contribution in [-0.2, 0) is 11.3 Å². The third-order valence-corrected chi connectivity index (χ3v) is 3.79. The fourth-order valence-corrected chi connectivity index (χ4v) is 2.66. The first kappa shape index (κ1) is 12.4. The number of ether oxygens (including phenoxy) is 1. The molecule has 0 saturated heterocycles. The predicted molar refractivity (Wildman–Crippen MR) is 72.5 cm³/mol. The lowest BCUT2D eigenvalue weighted by Crippen LogP contribution is -2.35. The second-order valence-electron chi connectivity index (χ2n) is 4.57. The van der Waals surface area contributed by atoms with Gasteiger partial charge in [0.05, 0.1) is 13.7 Å². The molecular formula is C12H16N4O2S. The zero-order valence-corrected chi connectivity index (χ0v) is 11.5. The lowest BCUT2D eigenvalue weighted by Gasteiger charge is -2.06. The molecule has 3 rings (SSSR count). The first-order valence-corrected chi connectivity index (χ1v) is 7.14. The second kappa shape index (κ2) is 5.18. The van der Waals surface area contributed by atoms with E-state index in [0.29, 0.717) is 25.0 Å². The van der Waals surface area contributed by atoms with Crippen molar-refractivity contribution in [2.45, 2.75) is 25.4 Å². The van der Waals surface area contributed by atoms with Gasteiger partial charge in [-0.1, -0.05) is 0 Å². The van der Waals surface area contributed by atoms with Crippen molar-refractivity contribution in [2.75, 3.05) is 13.7 Å². The summed E-state index contributed by atoms with van der Waals surface area (Å²) in [5.74, 6) is 0.662. The minimum Gasteiger partial charge on any atom is -0.480 e. The highest BCUT2D eigenvalue weighted by molar-refractivity contribution is 7.15. The van der Waals surface area contributed by atoms with Gasteiger partial charge in [0, 0.05) is 24.2 Å². The highest BCUT2D eigenvalue weighted by Gasteiger charge is 2.23. The number of amides is 1. The molecule has 1 amide bonds. The molecule has 2 aromatic rings. The summed E-state index contributed by atoms with van der Waals surface area (Å²) in [6.45, 7) is 0.871. The van der Waals surface area contributed by atoms with Crippen LogP contribution in [0.15, 0.2) is 11.6 Å². The molecule has 0 aliphatic heterocycles. The Hall–Kier alpha value is -1.60. The zero-order valence-electron chi connectivity index (χ0n) is 10.7. The third-order valence-electron chi connectivity index (χ3n) is 3.04. The number of thiazole rings is 1. The summed E-state index contributed by atoms with van der Waals surface area (Å²) in [6.07, 6.45) is 4.17. The Labute approximate surface area is 114 Å². The van der Waals surface area contributed by atoms with Crippen LogP contribution in [0.1, 0.15) is 18.5 Å². The minimum absolute atomic E-state index is 0.0487. The van der Waals surface area contributed by atoms with Crippen LogP contribution in [0.5, 0.6) is 5.88 Å². The summed E-state index contributed by atoms with van der Waals surface area (Å²) in [5, 5.41) is 8.05. The normalized spacial score (nSPS) is 14.8. The van der Waals surface area contributed by atoms with Crippen LogP contribution in [0.25, 0.3) is 4.96 Å². The van der Waals surface area contributed by atoms with Crippen molar-refractivity contribution >= 4 is 22.2 Å². The maximum Gasteiger partial charge on any atom is 0.237 e. The Kier molecular flexibility index (Phi) is 3.39. The Morgan fingerprint density at radius 2 is 2.47 bits per heavy atom. The van der Waals surface area contributed by atoms with Gasteiger partial charge in [-0.15, -0.1) is 11.3 Å². The van der Waals surface area contributed by atoms with Crippen molar-refractivity contribution in [1.29, 1.82) is 0 Å². The monoisotopic (exact) mass is 280 g/mol. The van der Waals surface area contributed by atoms with Gasteiger partial charge >= 0.3 is 0 Å². The molecule has 2 aromatic heterocycles. The maximum absolute atomic E-state index is 11.6. The smallest absolute Gasteiger partial charge is 0.237 e. The number of nitrogens with zero attached hydrogens (tertiary/aromatic N) is 2. The molecule has 2 N–H and O–H groups in total. The standard InChI is InChI=1S/C12H16N4O2S/c1-18-11-9(16-4-5-19-12(16)15-11)6-13-7-10(17)14-8-2-3-8/h4-5,8,13H,2-3,6-7H2,1H3,(H,14,17). The zero-order chi connectivity index (χ0) is 13.2. The molecule has 6 nitrogen and oxygen atoms in total. The summed E-state index contributed by atoms with van der Waals surface area (Å²) in [7, 11) is 1.61. The van der Waals surface area contributed by atoms with Gasteiger partial charge in [-0.3, -0.25) is 9.20 Å². The minimum atomic E-state index is 0.0487. The molecule has 7 heteroatoms. The van der Waals surface area contributed by atoms with Crippen molar-refractivity contribution < 1.29 is 9.53 Å². The Morgan fingerprint density at radius 3 is 3.21 bits per heavy atom. The van der Waals surface area contributed by atoms with E-state index in [1.54, 1.807) is 18.4 Å². The topological polar surface area (TPSA) is 67.7 Å². The predicted octanol–water partition coefficient (Wildman–Crippen LogP) is 0.773. The molecular weight excluding hydrogens is 264 g/mol. The van der Waals surface area contributed by atoms with Crippen LogP contribution in [0.3, 0.4) is 0 Å². The summed E-state index contributed by atoms with van der Waals surface area (Å²) in [4.78, 5) is 16.8. The van der Waals surface area contributed by atoms with Gasteiger partial charge in [0.1, 0.15) is 5.69 Å². The first-order chi connectivity index (χ1) is 9.28. The van der Waals surface area contributed by atoms with Crippen LogP contribution >= 0.6 is 11.3 Å². The third kappa shape index (κ3) is 2.71. The number of rotatable bonds is 6. The number of aromatic nitrogens is 2. The van der Waals surface area contributed by atoms with E-state index in [2.05, 4.69) is 15.6 Å². The van der Waals surface area contributed by atoms with E-state index < -0.39 is 0 Å². The van der Waals surface area contributed by atoms with Crippen LogP contribution in [0.2, 0.25) is 0 Å². The average molecular weight is 280 g/mol. The number of methoxy groups -OCH3 is 1. The fraction of sp³-hybridized carbons (Fsp3) is 0.500. The molecule has 1 aliphatic carbocycles. The quantitative estimate of drug-likeness (QED) is 0.820. The molecule has 0 unspecified atom stereocenters. The molecule has 1 aliphatic rings. The molecule has 19 heavy (non-hydrogen) atoms. The Balaban J connectivity index is 1.60. The van der Waals surface area contributed by atoms with E-state index in [1.165, 1.54) is 0 Å². The molecule has 1 saturated carbocycles. The van der Waals surface area contributed by atoms with Gasteiger partial charge in [0.15, 0.2) is 4.96 Å². The van der Waals surface area contributed by atoms with Gasteiger partial charge < -0.3 is 15.4 Å². The maximum atomic E-state index is 11.6. The SMILES string of the molecule is COc1nc2sccn2c1CNCC(=O)NC1CC1. The number of hydrogen-bond acceptors (Lipinski definition) is 5. The van der Waals surface area contributed by atoms with Gasteiger partial charge in [-0.25, -0.2) is 0 Å². The lowest BCUT2D eigenvalue weighted by molar-refractivity contribution is -0.120. The molecule has 102 valence electrons. The van der Waals surface area contributed by atoms with Crippen LogP contribution < -0.4 is 15.4 Å². The average Bonchev–Trinajstić information content (AvgIpc) is 2.98. The molecule has 1 fully saturated rings. The van der Waals surface area contributed by atoms with Crippen molar-refractivity contribution in [1.82, 2.24) is 20.0 Å². The van der Waals surface area contributed by atoms with E-state index >= 15 is 0 Å². The van der Waals surface area contributed by atoms with Gasteiger partial charge in [-0.05, 0) is 12.8 Å². The number of carbonyl (C=O) groups is 1. The molecule has 0 radical (unpaired) electrons. The first-order valence-electron chi connectivity index (χ1n) is 6.26. The number of carbonyl (C=O) groups excluding carboxylic acids is 1. The van der Waals surface area contributed by atoms with Crippen LogP contribution in [-0.4, -0.2) is 35.0 Å². The van der Waals surface area contributed by atoms with Gasteiger partial charge in [0.2, 0.25) is 11.8 Å². The van der Waals surface area contributed by atoms with Crippen molar-refractivity contribution in [3.05, 3.63) is 17.3 Å². The number of hydrogen-bond donors (Lipinski definition) is 2. The molecule has 0 aromatic carbocycles. The van der Waals surface area contributed by atoms with Crippen molar-refractivity contribution in [2.24, 2.45) is 0 Å². The number of imidazole rings is 1. The van der Waals surface area contributed by atoms with E-state index in [9.17, 15) is 4.79 Å². The molecule has 0 bridgehead atoms. The summed E-state index contributed by atoms with van der Waals surface area (Å²) >= 11 is 1.56. The summed E-state index contributed by atoms with van der Waals surface area (Å²) in [6, 6.07) is 0.405. The van der Waals surface area contributed by atoms with Gasteiger partial charge in [-0.2, -0.15) is 4.98 Å². The highest BCUT2D eigenvalue weighted by Crippen LogP contribution is 2.22. The van der Waals surface area contributed by atoms with E-state index in [-0.39, 0.29) is 5.91 Å². The van der Waals surface area contributed by atoms with E-state index in [0.717, 1.165) is 23.5 Å². The second-order valence-corrected chi connectivity index (χ2v) is 5.44. The molecule has 0 atom stereocenters.